The summed E-state index contributed by atoms with van der Waals surface area (Å²) in [6.45, 7) is 3.88. The van der Waals surface area contributed by atoms with Gasteiger partial charge in [0, 0.05) is 5.56 Å². The van der Waals surface area contributed by atoms with Crippen LogP contribution >= 0.6 is 11.6 Å². The number of benzene rings is 1. The Labute approximate surface area is 121 Å². The molecule has 2 rings (SSSR count). The van der Waals surface area contributed by atoms with Crippen LogP contribution < -0.4 is 9.47 Å². The minimum absolute atomic E-state index is 0.0875. The second kappa shape index (κ2) is 6.05. The summed E-state index contributed by atoms with van der Waals surface area (Å²) < 4.78 is 23.9. The van der Waals surface area contributed by atoms with E-state index in [1.165, 1.54) is 19.2 Å². The van der Waals surface area contributed by atoms with Crippen molar-refractivity contribution in [3.63, 3.8) is 0 Å². The van der Waals surface area contributed by atoms with Crippen molar-refractivity contribution in [1.82, 2.24) is 9.97 Å². The van der Waals surface area contributed by atoms with Gasteiger partial charge in [-0.15, -0.1) is 0 Å². The third-order valence-electron chi connectivity index (χ3n) is 2.87. The van der Waals surface area contributed by atoms with Crippen molar-refractivity contribution < 1.29 is 13.9 Å². The third-order valence-corrected chi connectivity index (χ3v) is 3.17. The average molecular weight is 297 g/mol. The molecule has 1 heterocycles. The molecule has 0 fully saturated rings. The van der Waals surface area contributed by atoms with Gasteiger partial charge in [0.1, 0.15) is 12.4 Å². The molecule has 0 aliphatic rings. The largest absolute Gasteiger partial charge is 0.472 e. The van der Waals surface area contributed by atoms with E-state index < -0.39 is 5.82 Å². The zero-order valence-electron chi connectivity index (χ0n) is 11.4. The Kier molecular flexibility index (Phi) is 4.39. The monoisotopic (exact) mass is 296 g/mol. The lowest BCUT2D eigenvalue weighted by atomic mass is 10.2. The lowest BCUT2D eigenvalue weighted by Crippen LogP contribution is -2.04. The molecule has 0 saturated carbocycles. The summed E-state index contributed by atoms with van der Waals surface area (Å²) in [5.74, 6) is -0.0503. The van der Waals surface area contributed by atoms with Crippen molar-refractivity contribution in [2.45, 2.75) is 20.5 Å². The van der Waals surface area contributed by atoms with Gasteiger partial charge >= 0.3 is 6.01 Å². The van der Waals surface area contributed by atoms with Gasteiger partial charge < -0.3 is 9.47 Å². The fourth-order valence-corrected chi connectivity index (χ4v) is 1.71. The van der Waals surface area contributed by atoms with Gasteiger partial charge in [0.15, 0.2) is 0 Å². The molecule has 0 N–H and O–H groups in total. The third kappa shape index (κ3) is 3.17. The maximum Gasteiger partial charge on any atom is 0.319 e. The summed E-state index contributed by atoms with van der Waals surface area (Å²) >= 11 is 5.63. The molecule has 0 radical (unpaired) electrons. The van der Waals surface area contributed by atoms with E-state index >= 15 is 0 Å². The van der Waals surface area contributed by atoms with E-state index in [9.17, 15) is 4.39 Å². The first-order valence-corrected chi connectivity index (χ1v) is 6.35. The van der Waals surface area contributed by atoms with Crippen molar-refractivity contribution in [3.05, 3.63) is 45.9 Å². The Morgan fingerprint density at radius 3 is 2.65 bits per heavy atom. The van der Waals surface area contributed by atoms with Crippen LogP contribution in [0.25, 0.3) is 0 Å². The Bertz CT molecular complexity index is 635. The first-order chi connectivity index (χ1) is 9.51. The summed E-state index contributed by atoms with van der Waals surface area (Å²) in [7, 11) is 1.49. The lowest BCUT2D eigenvalue weighted by Gasteiger charge is -2.11. The molecule has 2 aromatic rings. The van der Waals surface area contributed by atoms with E-state index in [0.717, 1.165) is 11.3 Å². The Morgan fingerprint density at radius 2 is 2.00 bits per heavy atom. The first kappa shape index (κ1) is 14.5. The van der Waals surface area contributed by atoms with Crippen molar-refractivity contribution in [1.29, 1.82) is 0 Å². The van der Waals surface area contributed by atoms with Crippen molar-refractivity contribution in [2.75, 3.05) is 7.11 Å². The summed E-state index contributed by atoms with van der Waals surface area (Å²) in [5, 5.41) is 0.0875. The van der Waals surface area contributed by atoms with Crippen molar-refractivity contribution in [3.8, 4) is 11.9 Å². The van der Waals surface area contributed by atoms with Crippen molar-refractivity contribution >= 4 is 11.6 Å². The molecule has 1 aromatic carbocycles. The first-order valence-electron chi connectivity index (χ1n) is 5.97. The predicted octanol–water partition coefficient (Wildman–Crippen LogP) is 3.47. The highest BCUT2D eigenvalue weighted by atomic mass is 35.5. The van der Waals surface area contributed by atoms with E-state index in [-0.39, 0.29) is 17.6 Å². The van der Waals surface area contributed by atoms with Crippen LogP contribution in [0, 0.1) is 19.7 Å². The molecule has 0 spiro atoms. The van der Waals surface area contributed by atoms with Gasteiger partial charge in [-0.1, -0.05) is 17.7 Å². The molecule has 0 bridgehead atoms. The number of aromatic nitrogens is 2. The highest BCUT2D eigenvalue weighted by Crippen LogP contribution is 2.22. The van der Waals surface area contributed by atoms with Crippen LogP contribution in [-0.4, -0.2) is 17.1 Å². The van der Waals surface area contributed by atoms with Gasteiger partial charge in [0.2, 0.25) is 5.88 Å². The number of ether oxygens (including phenoxy) is 2. The van der Waals surface area contributed by atoms with Crippen LogP contribution in [0.4, 0.5) is 4.39 Å². The summed E-state index contributed by atoms with van der Waals surface area (Å²) in [5.41, 5.74) is 2.26. The van der Waals surface area contributed by atoms with E-state index in [0.29, 0.717) is 11.4 Å². The van der Waals surface area contributed by atoms with Crippen LogP contribution in [0.5, 0.6) is 11.9 Å². The molecule has 0 atom stereocenters. The number of hydrogen-bond acceptors (Lipinski definition) is 4. The molecular weight excluding hydrogens is 283 g/mol. The number of rotatable bonds is 4. The second-order valence-electron chi connectivity index (χ2n) is 4.26. The summed E-state index contributed by atoms with van der Waals surface area (Å²) in [6, 6.07) is 4.77. The molecule has 6 heteroatoms. The highest BCUT2D eigenvalue weighted by molar-refractivity contribution is 6.30. The number of nitrogens with zero attached hydrogens (tertiary/aromatic N) is 2. The molecule has 4 nitrogen and oxygen atoms in total. The van der Waals surface area contributed by atoms with E-state index in [1.54, 1.807) is 6.07 Å². The molecule has 1 aromatic heterocycles. The number of halogens is 2. The molecule has 0 amide bonds. The topological polar surface area (TPSA) is 44.2 Å². The number of methoxy groups -OCH3 is 1. The minimum atomic E-state index is -0.471. The molecule has 106 valence electrons. The maximum absolute atomic E-state index is 13.3. The molecule has 0 aliphatic heterocycles. The second-order valence-corrected chi connectivity index (χ2v) is 4.67. The van der Waals surface area contributed by atoms with E-state index in [2.05, 4.69) is 9.97 Å². The normalized spacial score (nSPS) is 10.4. The van der Waals surface area contributed by atoms with Gasteiger partial charge in [0.05, 0.1) is 17.8 Å². The van der Waals surface area contributed by atoms with E-state index in [1.807, 2.05) is 13.8 Å². The Balaban J connectivity index is 2.18. The van der Waals surface area contributed by atoms with Crippen LogP contribution in [0.1, 0.15) is 16.8 Å². The highest BCUT2D eigenvalue weighted by Gasteiger charge is 2.10. The van der Waals surface area contributed by atoms with Gasteiger partial charge in [0.25, 0.3) is 0 Å². The minimum Gasteiger partial charge on any atom is -0.472 e. The smallest absolute Gasteiger partial charge is 0.319 e. The molecule has 0 saturated heterocycles. The molecule has 0 unspecified atom stereocenters. The Morgan fingerprint density at radius 1 is 1.25 bits per heavy atom. The molecule has 20 heavy (non-hydrogen) atoms. The quantitative estimate of drug-likeness (QED) is 0.866. The predicted molar refractivity (Wildman–Crippen MR) is 73.8 cm³/mol. The number of aryl methyl sites for hydroxylation is 1. The van der Waals surface area contributed by atoms with Gasteiger partial charge in [-0.3, -0.25) is 0 Å². The zero-order valence-corrected chi connectivity index (χ0v) is 12.2. The lowest BCUT2D eigenvalue weighted by molar-refractivity contribution is 0.280. The van der Waals surface area contributed by atoms with Crippen LogP contribution in [0.15, 0.2) is 18.2 Å². The van der Waals surface area contributed by atoms with E-state index in [4.69, 9.17) is 21.1 Å². The average Bonchev–Trinajstić information content (AvgIpc) is 2.44. The van der Waals surface area contributed by atoms with Gasteiger partial charge in [-0.2, -0.15) is 4.98 Å². The fourth-order valence-electron chi connectivity index (χ4n) is 1.59. The summed E-state index contributed by atoms with van der Waals surface area (Å²) in [6.07, 6.45) is 0. The van der Waals surface area contributed by atoms with Gasteiger partial charge in [-0.05, 0) is 31.5 Å². The fraction of sp³-hybridized carbons (Fsp3) is 0.286. The van der Waals surface area contributed by atoms with Crippen LogP contribution in [-0.2, 0) is 6.61 Å². The van der Waals surface area contributed by atoms with Crippen LogP contribution in [0.2, 0.25) is 5.02 Å². The Hall–Kier alpha value is -1.88. The summed E-state index contributed by atoms with van der Waals surface area (Å²) in [4.78, 5) is 8.27. The maximum atomic E-state index is 13.3. The van der Waals surface area contributed by atoms with Gasteiger partial charge in [-0.25, -0.2) is 9.37 Å². The number of hydrogen-bond donors (Lipinski definition) is 0. The standard InChI is InChI=1S/C14H14ClFN2O2/c1-8-9(2)17-14(19-3)18-13(8)20-7-10-4-5-11(15)12(16)6-10/h4-6H,7H2,1-3H3. The van der Waals surface area contributed by atoms with Crippen molar-refractivity contribution in [2.24, 2.45) is 0 Å². The molecule has 0 aliphatic carbocycles. The SMILES string of the molecule is COc1nc(C)c(C)c(OCc2ccc(Cl)c(F)c2)n1. The zero-order chi connectivity index (χ0) is 14.7. The molecular formula is C14H14ClFN2O2. The van der Waals surface area contributed by atoms with Crippen LogP contribution in [0.3, 0.4) is 0 Å².